The van der Waals surface area contributed by atoms with Crippen molar-refractivity contribution in [3.63, 3.8) is 0 Å². The Balaban J connectivity index is 1.79. The molecule has 0 spiro atoms. The Morgan fingerprint density at radius 2 is 2.16 bits per heavy atom. The van der Waals surface area contributed by atoms with E-state index in [1.54, 1.807) is 0 Å². The number of esters is 1. The van der Waals surface area contributed by atoms with Crippen molar-refractivity contribution in [1.29, 1.82) is 0 Å². The molecule has 1 fully saturated rings. The van der Waals surface area contributed by atoms with Gasteiger partial charge in [-0.15, -0.1) is 0 Å². The molecule has 1 aliphatic carbocycles. The van der Waals surface area contributed by atoms with Crippen molar-refractivity contribution in [2.24, 2.45) is 5.92 Å². The third-order valence-electron chi connectivity index (χ3n) is 2.86. The van der Waals surface area contributed by atoms with Crippen LogP contribution in [0.5, 0.6) is 0 Å². The van der Waals surface area contributed by atoms with Gasteiger partial charge in [-0.1, -0.05) is 11.6 Å². The van der Waals surface area contributed by atoms with Gasteiger partial charge in [0.05, 0.1) is 16.3 Å². The normalized spacial score (nSPS) is 13.9. The number of carbonyl (C=O) groups excluding carboxylic acids is 2. The molecule has 1 amide bonds. The standard InChI is InChI=1S/C13H15ClN2O3/c14-10-5-9(3-4-11(10)15)13(18)19-7-12(17)16-6-8-1-2-8/h3-5,8H,1-2,6-7,15H2,(H,16,17). The minimum absolute atomic E-state index is 0.272. The van der Waals surface area contributed by atoms with Crippen LogP contribution < -0.4 is 11.1 Å². The molecule has 5 nitrogen and oxygen atoms in total. The summed E-state index contributed by atoms with van der Waals surface area (Å²) in [5.41, 5.74) is 6.20. The quantitative estimate of drug-likeness (QED) is 0.635. The van der Waals surface area contributed by atoms with Gasteiger partial charge in [0.25, 0.3) is 5.91 Å². The van der Waals surface area contributed by atoms with E-state index >= 15 is 0 Å². The van der Waals surface area contributed by atoms with Crippen LogP contribution in [0, 0.1) is 5.92 Å². The molecule has 0 heterocycles. The molecule has 1 aromatic rings. The second kappa shape index (κ2) is 5.93. The highest BCUT2D eigenvalue weighted by Crippen LogP contribution is 2.27. The molecule has 6 heteroatoms. The Morgan fingerprint density at radius 3 is 2.79 bits per heavy atom. The molecule has 0 radical (unpaired) electrons. The van der Waals surface area contributed by atoms with Crippen LogP contribution in [0.1, 0.15) is 23.2 Å². The van der Waals surface area contributed by atoms with Crippen LogP contribution in [-0.4, -0.2) is 25.0 Å². The summed E-state index contributed by atoms with van der Waals surface area (Å²) >= 11 is 5.80. The molecule has 0 bridgehead atoms. The van der Waals surface area contributed by atoms with Crippen molar-refractivity contribution in [2.75, 3.05) is 18.9 Å². The summed E-state index contributed by atoms with van der Waals surface area (Å²) in [6, 6.07) is 4.44. The average molecular weight is 283 g/mol. The first-order valence-electron chi connectivity index (χ1n) is 6.05. The fourth-order valence-electron chi connectivity index (χ4n) is 1.50. The fourth-order valence-corrected chi connectivity index (χ4v) is 1.68. The zero-order chi connectivity index (χ0) is 13.8. The Kier molecular flexibility index (Phi) is 4.27. The van der Waals surface area contributed by atoms with Gasteiger partial charge >= 0.3 is 5.97 Å². The first-order valence-corrected chi connectivity index (χ1v) is 6.43. The summed E-state index contributed by atoms with van der Waals surface area (Å²) in [7, 11) is 0. The molecule has 0 unspecified atom stereocenters. The molecule has 102 valence electrons. The number of amides is 1. The average Bonchev–Trinajstić information content (AvgIpc) is 3.20. The molecule has 0 saturated heterocycles. The third kappa shape index (κ3) is 4.13. The minimum Gasteiger partial charge on any atom is -0.452 e. The topological polar surface area (TPSA) is 81.4 Å². The minimum atomic E-state index is -0.594. The summed E-state index contributed by atoms with van der Waals surface area (Å²) < 4.78 is 4.89. The smallest absolute Gasteiger partial charge is 0.338 e. The molecule has 3 N–H and O–H groups in total. The maximum absolute atomic E-state index is 11.7. The van der Waals surface area contributed by atoms with E-state index in [9.17, 15) is 9.59 Å². The Bertz CT molecular complexity index is 501. The highest BCUT2D eigenvalue weighted by Gasteiger charge is 2.21. The van der Waals surface area contributed by atoms with Gasteiger partial charge in [0.15, 0.2) is 6.61 Å². The van der Waals surface area contributed by atoms with E-state index in [4.69, 9.17) is 22.1 Å². The monoisotopic (exact) mass is 282 g/mol. The zero-order valence-corrected chi connectivity index (χ0v) is 11.1. The van der Waals surface area contributed by atoms with Crippen LogP contribution in [0.25, 0.3) is 0 Å². The van der Waals surface area contributed by atoms with Gasteiger partial charge in [-0.2, -0.15) is 0 Å². The number of nitrogen functional groups attached to an aromatic ring is 1. The predicted molar refractivity (Wildman–Crippen MR) is 71.9 cm³/mol. The summed E-state index contributed by atoms with van der Waals surface area (Å²) in [6.07, 6.45) is 2.31. The van der Waals surface area contributed by atoms with E-state index < -0.39 is 5.97 Å². The highest BCUT2D eigenvalue weighted by molar-refractivity contribution is 6.33. The second-order valence-electron chi connectivity index (χ2n) is 4.56. The van der Waals surface area contributed by atoms with Gasteiger partial charge in [-0.25, -0.2) is 4.79 Å². The lowest BCUT2D eigenvalue weighted by molar-refractivity contribution is -0.124. The number of halogens is 1. The summed E-state index contributed by atoms with van der Waals surface area (Å²) in [5.74, 6) is -0.291. The summed E-state index contributed by atoms with van der Waals surface area (Å²) in [5, 5.41) is 2.99. The van der Waals surface area contributed by atoms with Crippen molar-refractivity contribution >= 4 is 29.2 Å². The number of ether oxygens (including phenoxy) is 1. The van der Waals surface area contributed by atoms with Crippen LogP contribution in [0.3, 0.4) is 0 Å². The molecule has 0 aliphatic heterocycles. The van der Waals surface area contributed by atoms with E-state index in [0.717, 1.165) is 12.8 Å². The number of benzene rings is 1. The van der Waals surface area contributed by atoms with Gasteiger partial charge in [0.2, 0.25) is 0 Å². The van der Waals surface area contributed by atoms with E-state index in [1.807, 2.05) is 0 Å². The van der Waals surface area contributed by atoms with Gasteiger partial charge in [-0.05, 0) is 37.0 Å². The first kappa shape index (κ1) is 13.7. The lowest BCUT2D eigenvalue weighted by Gasteiger charge is -2.06. The van der Waals surface area contributed by atoms with Crippen molar-refractivity contribution in [1.82, 2.24) is 5.32 Å². The van der Waals surface area contributed by atoms with E-state index in [-0.39, 0.29) is 23.1 Å². The number of carbonyl (C=O) groups is 2. The van der Waals surface area contributed by atoms with E-state index in [2.05, 4.69) is 5.32 Å². The molecule has 1 saturated carbocycles. The maximum Gasteiger partial charge on any atom is 0.338 e. The molecule has 1 aromatic carbocycles. The highest BCUT2D eigenvalue weighted by atomic mass is 35.5. The number of hydrogen-bond acceptors (Lipinski definition) is 4. The van der Waals surface area contributed by atoms with Gasteiger partial charge in [-0.3, -0.25) is 4.79 Å². The number of nitrogens with two attached hydrogens (primary N) is 1. The molecule has 1 aliphatic rings. The molecule has 0 atom stereocenters. The van der Waals surface area contributed by atoms with Crippen molar-refractivity contribution in [3.8, 4) is 0 Å². The zero-order valence-electron chi connectivity index (χ0n) is 10.3. The predicted octanol–water partition coefficient (Wildman–Crippen LogP) is 1.61. The largest absolute Gasteiger partial charge is 0.452 e. The van der Waals surface area contributed by atoms with E-state index in [1.165, 1.54) is 18.2 Å². The van der Waals surface area contributed by atoms with Crippen molar-refractivity contribution in [3.05, 3.63) is 28.8 Å². The van der Waals surface area contributed by atoms with Crippen molar-refractivity contribution < 1.29 is 14.3 Å². The van der Waals surface area contributed by atoms with E-state index in [0.29, 0.717) is 18.2 Å². The second-order valence-corrected chi connectivity index (χ2v) is 4.97. The summed E-state index contributed by atoms with van der Waals surface area (Å²) in [4.78, 5) is 23.1. The Hall–Kier alpha value is -1.75. The molecule has 2 rings (SSSR count). The van der Waals surface area contributed by atoms with Crippen LogP contribution in [0.4, 0.5) is 5.69 Å². The summed E-state index contributed by atoms with van der Waals surface area (Å²) in [6.45, 7) is 0.373. The van der Waals surface area contributed by atoms with Gasteiger partial charge < -0.3 is 15.8 Å². The maximum atomic E-state index is 11.7. The number of anilines is 1. The lowest BCUT2D eigenvalue weighted by Crippen LogP contribution is -2.30. The first-order chi connectivity index (χ1) is 9.06. The van der Waals surface area contributed by atoms with Crippen molar-refractivity contribution in [2.45, 2.75) is 12.8 Å². The lowest BCUT2D eigenvalue weighted by atomic mass is 10.2. The number of hydrogen-bond donors (Lipinski definition) is 2. The SMILES string of the molecule is Nc1ccc(C(=O)OCC(=O)NCC2CC2)cc1Cl. The molecule has 0 aromatic heterocycles. The molecular formula is C13H15ClN2O3. The Labute approximate surface area is 116 Å². The van der Waals surface area contributed by atoms with Gasteiger partial charge in [0.1, 0.15) is 0 Å². The third-order valence-corrected chi connectivity index (χ3v) is 3.18. The van der Waals surface area contributed by atoms with Gasteiger partial charge in [0, 0.05) is 6.54 Å². The molecular weight excluding hydrogens is 268 g/mol. The van der Waals surface area contributed by atoms with Crippen LogP contribution in [0.2, 0.25) is 5.02 Å². The molecule has 19 heavy (non-hydrogen) atoms. The number of rotatable bonds is 5. The number of nitrogens with one attached hydrogen (secondary N) is 1. The van der Waals surface area contributed by atoms with Crippen LogP contribution in [0.15, 0.2) is 18.2 Å². The van der Waals surface area contributed by atoms with Crippen LogP contribution in [-0.2, 0) is 9.53 Å². The fraction of sp³-hybridized carbons (Fsp3) is 0.385. The van der Waals surface area contributed by atoms with Crippen LogP contribution >= 0.6 is 11.6 Å². The Morgan fingerprint density at radius 1 is 1.42 bits per heavy atom.